The summed E-state index contributed by atoms with van der Waals surface area (Å²) in [6, 6.07) is 8.06. The van der Waals surface area contributed by atoms with Crippen LogP contribution in [-0.2, 0) is 4.79 Å². The van der Waals surface area contributed by atoms with E-state index < -0.39 is 0 Å². The van der Waals surface area contributed by atoms with Gasteiger partial charge in [0.15, 0.2) is 0 Å². The van der Waals surface area contributed by atoms with Crippen LogP contribution in [-0.4, -0.2) is 31.5 Å². The van der Waals surface area contributed by atoms with Crippen molar-refractivity contribution in [2.24, 2.45) is 5.92 Å². The Morgan fingerprint density at radius 1 is 1.30 bits per heavy atom. The zero-order valence-electron chi connectivity index (χ0n) is 12.8. The molecule has 1 aromatic carbocycles. The minimum atomic E-state index is -0.254. The fourth-order valence-corrected chi connectivity index (χ4v) is 3.31. The molecule has 3 nitrogen and oxygen atoms in total. The van der Waals surface area contributed by atoms with Gasteiger partial charge in [0, 0.05) is 13.5 Å². The number of carbonyl (C=O) groups is 1. The number of carbonyl (C=O) groups excluding carboxylic acids is 1. The van der Waals surface area contributed by atoms with Gasteiger partial charge in [-0.05, 0) is 56.5 Å². The van der Waals surface area contributed by atoms with Crippen molar-refractivity contribution in [1.82, 2.24) is 4.90 Å². The molecule has 0 radical (unpaired) electrons. The Morgan fingerprint density at radius 3 is 2.75 bits per heavy atom. The van der Waals surface area contributed by atoms with Crippen molar-refractivity contribution < 1.29 is 9.53 Å². The summed E-state index contributed by atoms with van der Waals surface area (Å²) in [6.07, 6.45) is 5.16. The van der Waals surface area contributed by atoms with Gasteiger partial charge in [-0.3, -0.25) is 4.79 Å². The van der Waals surface area contributed by atoms with Crippen LogP contribution in [0, 0.1) is 5.92 Å². The molecule has 0 bridgehead atoms. The van der Waals surface area contributed by atoms with E-state index >= 15 is 0 Å². The fraction of sp³-hybridized carbons (Fsp3) is 0.588. The summed E-state index contributed by atoms with van der Waals surface area (Å²) in [5, 5.41) is 0. The van der Waals surface area contributed by atoms with Crippen LogP contribution < -0.4 is 4.74 Å². The van der Waals surface area contributed by atoms with Gasteiger partial charge in [0.1, 0.15) is 5.75 Å². The molecule has 0 heterocycles. The van der Waals surface area contributed by atoms with E-state index in [2.05, 4.69) is 25.1 Å². The van der Waals surface area contributed by atoms with Crippen LogP contribution >= 0.6 is 0 Å². The van der Waals surface area contributed by atoms with Crippen LogP contribution in [0.3, 0.4) is 0 Å². The summed E-state index contributed by atoms with van der Waals surface area (Å²) in [6.45, 7) is 2.57. The Morgan fingerprint density at radius 2 is 2.05 bits per heavy atom. The molecule has 1 aromatic rings. The molecule has 1 saturated carbocycles. The molecule has 1 aliphatic rings. The van der Waals surface area contributed by atoms with Crippen molar-refractivity contribution in [1.29, 1.82) is 0 Å². The molecule has 2 unspecified atom stereocenters. The van der Waals surface area contributed by atoms with Crippen LogP contribution in [0.5, 0.6) is 5.75 Å². The molecular formula is C17H25NO2. The van der Waals surface area contributed by atoms with Crippen LogP contribution in [0.1, 0.15) is 44.1 Å². The first-order valence-corrected chi connectivity index (χ1v) is 7.49. The number of ether oxygens (including phenoxy) is 1. The highest BCUT2D eigenvalue weighted by atomic mass is 16.5. The maximum Gasteiger partial charge on any atom is 0.308 e. The third-order valence-electron chi connectivity index (χ3n) is 4.06. The number of hydrogen-bond donors (Lipinski definition) is 0. The van der Waals surface area contributed by atoms with Crippen molar-refractivity contribution in [2.75, 3.05) is 20.6 Å². The van der Waals surface area contributed by atoms with E-state index in [-0.39, 0.29) is 5.97 Å². The zero-order valence-corrected chi connectivity index (χ0v) is 12.8. The first-order valence-electron chi connectivity index (χ1n) is 7.49. The van der Waals surface area contributed by atoms with Crippen LogP contribution in [0.4, 0.5) is 0 Å². The summed E-state index contributed by atoms with van der Waals surface area (Å²) < 4.78 is 5.21. The lowest BCUT2D eigenvalue weighted by Crippen LogP contribution is -2.28. The molecule has 0 spiro atoms. The quantitative estimate of drug-likeness (QED) is 0.622. The second-order valence-corrected chi connectivity index (χ2v) is 6.08. The normalized spacial score (nSPS) is 22.8. The summed E-state index contributed by atoms with van der Waals surface area (Å²) in [4.78, 5) is 13.4. The summed E-state index contributed by atoms with van der Waals surface area (Å²) >= 11 is 0. The monoisotopic (exact) mass is 275 g/mol. The standard InChI is InChI=1S/C17H25NO2/c1-13(19)20-16-9-6-8-14(11-16)17-10-5-4-7-15(17)12-18(2)3/h6,8-9,11,15,17H,4-5,7,10,12H2,1-3H3. The zero-order chi connectivity index (χ0) is 14.5. The third-order valence-corrected chi connectivity index (χ3v) is 4.06. The fourth-order valence-electron chi connectivity index (χ4n) is 3.31. The average Bonchev–Trinajstić information content (AvgIpc) is 2.38. The maximum atomic E-state index is 11.1. The topological polar surface area (TPSA) is 29.5 Å². The van der Waals surface area contributed by atoms with Crippen molar-refractivity contribution in [3.05, 3.63) is 29.8 Å². The minimum Gasteiger partial charge on any atom is -0.427 e. The predicted octanol–water partition coefficient (Wildman–Crippen LogP) is 3.45. The highest BCUT2D eigenvalue weighted by Crippen LogP contribution is 2.38. The number of rotatable bonds is 4. The van der Waals surface area contributed by atoms with Gasteiger partial charge in [-0.1, -0.05) is 25.0 Å². The third kappa shape index (κ3) is 4.07. The molecule has 0 amide bonds. The van der Waals surface area contributed by atoms with E-state index in [0.717, 1.165) is 6.54 Å². The van der Waals surface area contributed by atoms with Crippen LogP contribution in [0.15, 0.2) is 24.3 Å². The van der Waals surface area contributed by atoms with Crippen molar-refractivity contribution in [3.63, 3.8) is 0 Å². The molecule has 2 rings (SSSR count). The molecule has 110 valence electrons. The van der Waals surface area contributed by atoms with E-state index in [0.29, 0.717) is 17.6 Å². The van der Waals surface area contributed by atoms with Gasteiger partial charge in [0.05, 0.1) is 0 Å². The molecule has 2 atom stereocenters. The molecule has 1 aliphatic carbocycles. The van der Waals surface area contributed by atoms with Gasteiger partial charge in [-0.25, -0.2) is 0 Å². The first-order chi connectivity index (χ1) is 9.56. The van der Waals surface area contributed by atoms with Gasteiger partial charge < -0.3 is 9.64 Å². The minimum absolute atomic E-state index is 0.254. The van der Waals surface area contributed by atoms with Crippen LogP contribution in [0.2, 0.25) is 0 Å². The SMILES string of the molecule is CC(=O)Oc1cccc(C2CCCCC2CN(C)C)c1. The summed E-state index contributed by atoms with van der Waals surface area (Å²) in [5.74, 6) is 1.70. The van der Waals surface area contributed by atoms with E-state index in [9.17, 15) is 4.79 Å². The van der Waals surface area contributed by atoms with E-state index in [1.54, 1.807) is 0 Å². The number of benzene rings is 1. The first kappa shape index (κ1) is 15.0. The van der Waals surface area contributed by atoms with Gasteiger partial charge in [0.2, 0.25) is 0 Å². The van der Waals surface area contributed by atoms with E-state index in [1.807, 2.05) is 18.2 Å². The van der Waals surface area contributed by atoms with E-state index in [1.165, 1.54) is 38.2 Å². The Kier molecular flexibility index (Phi) is 5.18. The molecule has 0 aliphatic heterocycles. The van der Waals surface area contributed by atoms with Crippen molar-refractivity contribution in [3.8, 4) is 5.75 Å². The van der Waals surface area contributed by atoms with Crippen LogP contribution in [0.25, 0.3) is 0 Å². The Hall–Kier alpha value is -1.35. The smallest absolute Gasteiger partial charge is 0.308 e. The lowest BCUT2D eigenvalue weighted by Gasteiger charge is -2.34. The molecule has 20 heavy (non-hydrogen) atoms. The number of nitrogens with zero attached hydrogens (tertiary/aromatic N) is 1. The lowest BCUT2D eigenvalue weighted by molar-refractivity contribution is -0.131. The summed E-state index contributed by atoms with van der Waals surface area (Å²) in [7, 11) is 4.28. The highest BCUT2D eigenvalue weighted by Gasteiger charge is 2.27. The molecular weight excluding hydrogens is 250 g/mol. The number of esters is 1. The molecule has 3 heteroatoms. The Balaban J connectivity index is 2.16. The van der Waals surface area contributed by atoms with Gasteiger partial charge >= 0.3 is 5.97 Å². The molecule has 0 N–H and O–H groups in total. The van der Waals surface area contributed by atoms with Gasteiger partial charge in [-0.15, -0.1) is 0 Å². The van der Waals surface area contributed by atoms with E-state index in [4.69, 9.17) is 4.74 Å². The van der Waals surface area contributed by atoms with Crippen molar-refractivity contribution >= 4 is 5.97 Å². The second-order valence-electron chi connectivity index (χ2n) is 6.08. The number of hydrogen-bond acceptors (Lipinski definition) is 3. The lowest BCUT2D eigenvalue weighted by atomic mass is 9.75. The molecule has 0 saturated heterocycles. The Bertz CT molecular complexity index is 456. The predicted molar refractivity (Wildman–Crippen MR) is 81.0 cm³/mol. The molecule has 0 aromatic heterocycles. The summed E-state index contributed by atoms with van der Waals surface area (Å²) in [5.41, 5.74) is 1.32. The van der Waals surface area contributed by atoms with Crippen molar-refractivity contribution in [2.45, 2.75) is 38.5 Å². The molecule has 1 fully saturated rings. The maximum absolute atomic E-state index is 11.1. The highest BCUT2D eigenvalue weighted by molar-refractivity contribution is 5.69. The van der Waals surface area contributed by atoms with Gasteiger partial charge in [-0.2, -0.15) is 0 Å². The second kappa shape index (κ2) is 6.89. The Labute approximate surface area is 121 Å². The van der Waals surface area contributed by atoms with Gasteiger partial charge in [0.25, 0.3) is 0 Å². The largest absolute Gasteiger partial charge is 0.427 e. The average molecular weight is 275 g/mol.